The molecule has 0 aliphatic heterocycles. The molecule has 0 aromatic heterocycles. The highest BCUT2D eigenvalue weighted by Gasteiger charge is 2.26. The first kappa shape index (κ1) is 14.2. The number of hydrogen-bond donors (Lipinski definition) is 1. The summed E-state index contributed by atoms with van der Waals surface area (Å²) >= 11 is 0. The zero-order valence-corrected chi connectivity index (χ0v) is 11.2. The van der Waals surface area contributed by atoms with Crippen LogP contribution in [0.3, 0.4) is 0 Å². The Morgan fingerprint density at radius 2 is 2.05 bits per heavy atom. The number of aromatic carboxylic acids is 1. The Kier molecular flexibility index (Phi) is 4.17. The molecule has 1 aliphatic rings. The summed E-state index contributed by atoms with van der Waals surface area (Å²) < 4.78 is 4.61. The van der Waals surface area contributed by atoms with E-state index in [0.717, 1.165) is 11.1 Å². The van der Waals surface area contributed by atoms with Crippen LogP contribution in [0.1, 0.15) is 34.3 Å². The lowest BCUT2D eigenvalue weighted by Gasteiger charge is -2.12. The van der Waals surface area contributed by atoms with Crippen LogP contribution >= 0.6 is 0 Å². The van der Waals surface area contributed by atoms with Gasteiger partial charge in [-0.15, -0.1) is 0 Å². The molecule has 0 saturated carbocycles. The number of carbonyl (C=O) groups excluding carboxylic acids is 2. The van der Waals surface area contributed by atoms with E-state index < -0.39 is 11.9 Å². The van der Waals surface area contributed by atoms with Crippen molar-refractivity contribution in [1.82, 2.24) is 0 Å². The maximum Gasteiger partial charge on any atom is 0.335 e. The number of rotatable bonds is 3. The molecule has 1 unspecified atom stereocenters. The van der Waals surface area contributed by atoms with Crippen LogP contribution in [0.5, 0.6) is 0 Å². The van der Waals surface area contributed by atoms with Crippen molar-refractivity contribution in [2.45, 2.75) is 25.7 Å². The lowest BCUT2D eigenvalue weighted by molar-refractivity contribution is -0.143. The van der Waals surface area contributed by atoms with Crippen LogP contribution in [0.15, 0.2) is 18.2 Å². The maximum atomic E-state index is 12.0. The van der Waals surface area contributed by atoms with E-state index >= 15 is 0 Å². The van der Waals surface area contributed by atoms with Gasteiger partial charge in [-0.2, -0.15) is 0 Å². The smallest absolute Gasteiger partial charge is 0.335 e. The van der Waals surface area contributed by atoms with Crippen molar-refractivity contribution in [3.8, 4) is 0 Å². The average Bonchev–Trinajstić information content (AvgIpc) is 2.58. The van der Waals surface area contributed by atoms with Crippen molar-refractivity contribution >= 4 is 17.7 Å². The molecule has 5 heteroatoms. The molecular weight excluding hydrogens is 260 g/mol. The van der Waals surface area contributed by atoms with Crippen molar-refractivity contribution < 1.29 is 24.2 Å². The van der Waals surface area contributed by atoms with Gasteiger partial charge in [0, 0.05) is 12.3 Å². The molecule has 5 nitrogen and oxygen atoms in total. The number of aryl methyl sites for hydroxylation is 1. The van der Waals surface area contributed by atoms with Crippen molar-refractivity contribution in [2.24, 2.45) is 5.92 Å². The summed E-state index contributed by atoms with van der Waals surface area (Å²) in [6.45, 7) is 0. The van der Waals surface area contributed by atoms with E-state index in [1.54, 1.807) is 12.1 Å². The van der Waals surface area contributed by atoms with Gasteiger partial charge in [-0.1, -0.05) is 6.07 Å². The summed E-state index contributed by atoms with van der Waals surface area (Å²) in [6, 6.07) is 4.89. The number of carbonyl (C=O) groups is 3. The molecule has 1 aromatic carbocycles. The van der Waals surface area contributed by atoms with Gasteiger partial charge in [0.05, 0.1) is 19.1 Å². The highest BCUT2D eigenvalue weighted by atomic mass is 16.5. The summed E-state index contributed by atoms with van der Waals surface area (Å²) in [6.07, 6.45) is 1.39. The number of methoxy groups -OCH3 is 1. The van der Waals surface area contributed by atoms with Gasteiger partial charge in [0.25, 0.3) is 0 Å². The van der Waals surface area contributed by atoms with Crippen LogP contribution in [-0.4, -0.2) is 29.9 Å². The minimum Gasteiger partial charge on any atom is -0.478 e. The first-order valence-electron chi connectivity index (χ1n) is 6.46. The van der Waals surface area contributed by atoms with E-state index in [1.165, 1.54) is 13.2 Å². The van der Waals surface area contributed by atoms with Gasteiger partial charge in [0.15, 0.2) is 0 Å². The quantitative estimate of drug-likeness (QED) is 0.670. The summed E-state index contributed by atoms with van der Waals surface area (Å²) in [5.41, 5.74) is 2.04. The van der Waals surface area contributed by atoms with Crippen LogP contribution in [0, 0.1) is 5.92 Å². The molecular formula is C15H16O5. The number of Topliss-reactive ketones (excluding diaryl/α,β-unsaturated/α-hetero) is 1. The maximum absolute atomic E-state index is 12.0. The second-order valence-electron chi connectivity index (χ2n) is 4.94. The Hall–Kier alpha value is -2.17. The highest BCUT2D eigenvalue weighted by molar-refractivity contribution is 5.89. The van der Waals surface area contributed by atoms with E-state index in [1.807, 2.05) is 0 Å². The van der Waals surface area contributed by atoms with Crippen molar-refractivity contribution in [2.75, 3.05) is 7.11 Å². The topological polar surface area (TPSA) is 80.7 Å². The van der Waals surface area contributed by atoms with Crippen molar-refractivity contribution in [1.29, 1.82) is 0 Å². The Morgan fingerprint density at radius 1 is 1.30 bits per heavy atom. The normalized spacial score (nSPS) is 18.1. The van der Waals surface area contributed by atoms with Gasteiger partial charge >= 0.3 is 11.9 Å². The lowest BCUT2D eigenvalue weighted by Crippen LogP contribution is -2.20. The first-order chi connectivity index (χ1) is 9.51. The van der Waals surface area contributed by atoms with Gasteiger partial charge in [-0.3, -0.25) is 9.59 Å². The van der Waals surface area contributed by atoms with Crippen LogP contribution in [0.4, 0.5) is 0 Å². The molecule has 1 aromatic rings. The van der Waals surface area contributed by atoms with Gasteiger partial charge in [-0.25, -0.2) is 4.79 Å². The molecule has 0 bridgehead atoms. The Bertz CT molecular complexity index is 561. The fourth-order valence-corrected chi connectivity index (χ4v) is 2.50. The molecule has 1 atom stereocenters. The molecule has 0 amide bonds. The summed E-state index contributed by atoms with van der Waals surface area (Å²) in [7, 11) is 1.30. The third kappa shape index (κ3) is 3.04. The third-order valence-corrected chi connectivity index (χ3v) is 3.66. The second kappa shape index (κ2) is 5.86. The predicted molar refractivity (Wildman–Crippen MR) is 70.6 cm³/mol. The van der Waals surface area contributed by atoms with Gasteiger partial charge in [0.1, 0.15) is 5.78 Å². The molecule has 20 heavy (non-hydrogen) atoms. The van der Waals surface area contributed by atoms with Crippen LogP contribution in [0.25, 0.3) is 0 Å². The molecule has 0 saturated heterocycles. The van der Waals surface area contributed by atoms with E-state index in [9.17, 15) is 14.4 Å². The van der Waals surface area contributed by atoms with Crippen LogP contribution in [-0.2, 0) is 27.2 Å². The zero-order valence-electron chi connectivity index (χ0n) is 11.2. The number of hydrogen-bond acceptors (Lipinski definition) is 4. The van der Waals surface area contributed by atoms with E-state index in [-0.39, 0.29) is 23.7 Å². The largest absolute Gasteiger partial charge is 0.478 e. The Morgan fingerprint density at radius 3 is 2.70 bits per heavy atom. The monoisotopic (exact) mass is 276 g/mol. The molecule has 0 heterocycles. The summed E-state index contributed by atoms with van der Waals surface area (Å²) in [5.74, 6) is -1.72. The molecule has 106 valence electrons. The van der Waals surface area contributed by atoms with Crippen LogP contribution < -0.4 is 0 Å². The molecule has 1 N–H and O–H groups in total. The molecule has 0 fully saturated rings. The number of benzene rings is 1. The lowest BCUT2D eigenvalue weighted by atomic mass is 9.92. The Labute approximate surface area is 116 Å². The number of fused-ring (bicyclic) bond motifs is 1. The zero-order chi connectivity index (χ0) is 14.7. The number of carboxylic acid groups (broad SMARTS) is 1. The SMILES string of the molecule is COC(=O)CC1Cc2ccc(C(=O)O)cc2CCC1=O. The standard InChI is InChI=1S/C15H16O5/c1-20-14(17)8-12-7-9-2-3-11(15(18)19)6-10(9)4-5-13(12)16/h2-3,6,12H,4-5,7-8H2,1H3,(H,18,19). The number of ketones is 1. The van der Waals surface area contributed by atoms with Crippen molar-refractivity contribution in [3.05, 3.63) is 34.9 Å². The Balaban J connectivity index is 2.25. The van der Waals surface area contributed by atoms with Crippen molar-refractivity contribution in [3.63, 3.8) is 0 Å². The molecule has 0 spiro atoms. The highest BCUT2D eigenvalue weighted by Crippen LogP contribution is 2.25. The van der Waals surface area contributed by atoms with E-state index in [2.05, 4.69) is 4.74 Å². The second-order valence-corrected chi connectivity index (χ2v) is 4.94. The minimum atomic E-state index is -0.977. The molecule has 2 rings (SSSR count). The van der Waals surface area contributed by atoms with E-state index in [0.29, 0.717) is 19.3 Å². The number of ether oxygens (including phenoxy) is 1. The van der Waals surface area contributed by atoms with Gasteiger partial charge in [0.2, 0.25) is 0 Å². The number of carboxylic acids is 1. The fraction of sp³-hybridized carbons (Fsp3) is 0.400. The predicted octanol–water partition coefficient (Wildman–Crippen LogP) is 1.62. The van der Waals surface area contributed by atoms with Gasteiger partial charge < -0.3 is 9.84 Å². The minimum absolute atomic E-state index is 0.0310. The summed E-state index contributed by atoms with van der Waals surface area (Å²) in [4.78, 5) is 34.3. The average molecular weight is 276 g/mol. The van der Waals surface area contributed by atoms with Gasteiger partial charge in [-0.05, 0) is 36.1 Å². The van der Waals surface area contributed by atoms with Crippen LogP contribution in [0.2, 0.25) is 0 Å². The molecule has 0 radical (unpaired) electrons. The van der Waals surface area contributed by atoms with E-state index in [4.69, 9.17) is 5.11 Å². The fourth-order valence-electron chi connectivity index (χ4n) is 2.50. The first-order valence-corrected chi connectivity index (χ1v) is 6.46. The molecule has 1 aliphatic carbocycles. The summed E-state index contributed by atoms with van der Waals surface area (Å²) in [5, 5.41) is 8.98. The third-order valence-electron chi connectivity index (χ3n) is 3.66. The number of esters is 1.